The van der Waals surface area contributed by atoms with E-state index in [2.05, 4.69) is 25.2 Å². The lowest BCUT2D eigenvalue weighted by Crippen LogP contribution is -1.85. The first-order valence-corrected chi connectivity index (χ1v) is 3.14. The van der Waals surface area contributed by atoms with E-state index in [4.69, 9.17) is 0 Å². The maximum Gasteiger partial charge on any atom is -0.0185 e. The van der Waals surface area contributed by atoms with Crippen molar-refractivity contribution < 1.29 is 0 Å². The van der Waals surface area contributed by atoms with Gasteiger partial charge < -0.3 is 0 Å². The van der Waals surface area contributed by atoms with Gasteiger partial charge in [-0.15, -0.1) is 0 Å². The highest BCUT2D eigenvalue weighted by Gasteiger charge is 1.95. The van der Waals surface area contributed by atoms with E-state index in [-0.39, 0.29) is 0 Å². The van der Waals surface area contributed by atoms with Crippen molar-refractivity contribution in [3.8, 4) is 0 Å². The van der Waals surface area contributed by atoms with E-state index in [0.717, 1.165) is 0 Å². The first-order chi connectivity index (χ1) is 3.89. The minimum absolute atomic E-state index is 0.657. The zero-order chi connectivity index (χ0) is 5.82. The molecule has 0 aromatic rings. The predicted octanol–water partition coefficient (Wildman–Crippen LogP) is 2.33. The van der Waals surface area contributed by atoms with Gasteiger partial charge in [0.25, 0.3) is 0 Å². The van der Waals surface area contributed by atoms with Crippen molar-refractivity contribution in [3.05, 3.63) is 24.3 Å². The van der Waals surface area contributed by atoms with Crippen LogP contribution in [0.4, 0.5) is 0 Å². The van der Waals surface area contributed by atoms with Gasteiger partial charge in [0.05, 0.1) is 0 Å². The topological polar surface area (TPSA) is 0 Å². The highest BCUT2D eigenvalue weighted by atomic mass is 14.0. The second-order valence-electron chi connectivity index (χ2n) is 2.24. The smallest absolute Gasteiger partial charge is 0.0185 e. The number of allylic oxidation sites excluding steroid dienone is 4. The van der Waals surface area contributed by atoms with Crippen LogP contribution in [0.2, 0.25) is 0 Å². The Labute approximate surface area is 50.9 Å². The van der Waals surface area contributed by atoms with Crippen molar-refractivity contribution in [2.24, 2.45) is 5.92 Å². The monoisotopic (exact) mass is 107 g/mol. The van der Waals surface area contributed by atoms with Gasteiger partial charge in [-0.1, -0.05) is 25.2 Å². The van der Waals surface area contributed by atoms with E-state index in [0.29, 0.717) is 5.92 Å². The summed E-state index contributed by atoms with van der Waals surface area (Å²) >= 11 is 0. The Kier molecular flexibility index (Phi) is 1.90. The molecular weight excluding hydrogens is 96.1 g/mol. The van der Waals surface area contributed by atoms with Crippen molar-refractivity contribution >= 4 is 0 Å². The van der Waals surface area contributed by atoms with Crippen LogP contribution in [0.5, 0.6) is 0 Å². The van der Waals surface area contributed by atoms with Crippen LogP contribution in [0, 0.1) is 12.0 Å². The number of hydrogen-bond donors (Lipinski definition) is 0. The molecule has 1 aliphatic rings. The molecule has 0 aliphatic heterocycles. The van der Waals surface area contributed by atoms with Crippen LogP contribution in [0.1, 0.15) is 19.8 Å². The van der Waals surface area contributed by atoms with Gasteiger partial charge in [0.15, 0.2) is 0 Å². The molecule has 0 aromatic heterocycles. The molecule has 1 unspecified atom stereocenters. The molecule has 0 N–H and O–H groups in total. The van der Waals surface area contributed by atoms with Crippen molar-refractivity contribution in [1.82, 2.24) is 0 Å². The fraction of sp³-hybridized carbons (Fsp3) is 0.500. The maximum absolute atomic E-state index is 3.23. The molecule has 0 saturated carbocycles. The van der Waals surface area contributed by atoms with Gasteiger partial charge in [0, 0.05) is 0 Å². The fourth-order valence-corrected chi connectivity index (χ4v) is 0.814. The summed E-state index contributed by atoms with van der Waals surface area (Å²) in [6.07, 6.45) is 12.0. The Bertz CT molecular complexity index is 109. The van der Waals surface area contributed by atoms with Crippen LogP contribution >= 0.6 is 0 Å². The third-order valence-corrected chi connectivity index (χ3v) is 1.38. The summed E-state index contributed by atoms with van der Waals surface area (Å²) in [7, 11) is 0. The molecule has 0 spiro atoms. The summed E-state index contributed by atoms with van der Waals surface area (Å²) < 4.78 is 0. The molecule has 0 nitrogen and oxygen atoms in total. The average molecular weight is 107 g/mol. The highest BCUT2D eigenvalue weighted by molar-refractivity contribution is 5.02. The summed E-state index contributed by atoms with van der Waals surface area (Å²) in [5.74, 6) is 0.657. The molecule has 1 aliphatic carbocycles. The van der Waals surface area contributed by atoms with Gasteiger partial charge >= 0.3 is 0 Å². The Morgan fingerprint density at radius 3 is 3.38 bits per heavy atom. The van der Waals surface area contributed by atoms with Gasteiger partial charge in [-0.25, -0.2) is 0 Å². The number of hydrogen-bond acceptors (Lipinski definition) is 0. The second kappa shape index (κ2) is 2.71. The molecule has 0 heteroatoms. The molecule has 0 heterocycles. The van der Waals surface area contributed by atoms with Gasteiger partial charge in [0.1, 0.15) is 0 Å². The fourth-order valence-electron chi connectivity index (χ4n) is 0.814. The van der Waals surface area contributed by atoms with Crippen LogP contribution in [-0.4, -0.2) is 0 Å². The summed E-state index contributed by atoms with van der Waals surface area (Å²) in [6.45, 7) is 2.20. The zero-order valence-corrected chi connectivity index (χ0v) is 5.22. The lowest BCUT2D eigenvalue weighted by Gasteiger charge is -1.97. The molecule has 0 saturated heterocycles. The van der Waals surface area contributed by atoms with Crippen molar-refractivity contribution in [2.45, 2.75) is 19.8 Å². The van der Waals surface area contributed by atoms with Gasteiger partial charge in [-0.05, 0) is 24.8 Å². The summed E-state index contributed by atoms with van der Waals surface area (Å²) in [4.78, 5) is 0. The maximum atomic E-state index is 3.23. The average Bonchev–Trinajstić information content (AvgIpc) is 1.94. The summed E-state index contributed by atoms with van der Waals surface area (Å²) in [5, 5.41) is 0. The molecule has 0 fully saturated rings. The molecule has 43 valence electrons. The molecule has 0 amide bonds. The van der Waals surface area contributed by atoms with Crippen LogP contribution in [0.25, 0.3) is 0 Å². The summed E-state index contributed by atoms with van der Waals surface area (Å²) in [5.41, 5.74) is 0. The molecule has 0 aromatic carbocycles. The molecular formula is C8H11. The minimum atomic E-state index is 0.657. The van der Waals surface area contributed by atoms with E-state index in [1.165, 1.54) is 12.8 Å². The van der Waals surface area contributed by atoms with E-state index < -0.39 is 0 Å². The Morgan fingerprint density at radius 2 is 2.50 bits per heavy atom. The van der Waals surface area contributed by atoms with Crippen LogP contribution in [-0.2, 0) is 0 Å². The molecule has 1 atom stereocenters. The Morgan fingerprint density at radius 1 is 1.62 bits per heavy atom. The second-order valence-corrected chi connectivity index (χ2v) is 2.24. The third-order valence-electron chi connectivity index (χ3n) is 1.38. The van der Waals surface area contributed by atoms with E-state index in [1.54, 1.807) is 0 Å². The Balaban J connectivity index is 2.46. The van der Waals surface area contributed by atoms with Crippen molar-refractivity contribution in [3.63, 3.8) is 0 Å². The zero-order valence-electron chi connectivity index (χ0n) is 5.22. The number of rotatable bonds is 0. The van der Waals surface area contributed by atoms with Gasteiger partial charge in [-0.3, -0.25) is 0 Å². The quantitative estimate of drug-likeness (QED) is 0.445. The van der Waals surface area contributed by atoms with Gasteiger partial charge in [-0.2, -0.15) is 0 Å². The molecule has 1 rings (SSSR count). The van der Waals surface area contributed by atoms with Crippen LogP contribution < -0.4 is 0 Å². The largest absolute Gasteiger partial charge is 0.0845 e. The SMILES string of the molecule is CC1[C]=CC=CCC1. The lowest BCUT2D eigenvalue weighted by molar-refractivity contribution is 0.646. The first kappa shape index (κ1) is 5.61. The summed E-state index contributed by atoms with van der Waals surface area (Å²) in [6, 6.07) is 0. The molecule has 1 radical (unpaired) electrons. The highest BCUT2D eigenvalue weighted by Crippen LogP contribution is 2.09. The van der Waals surface area contributed by atoms with E-state index >= 15 is 0 Å². The van der Waals surface area contributed by atoms with E-state index in [1.807, 2.05) is 6.08 Å². The van der Waals surface area contributed by atoms with Gasteiger partial charge in [0.2, 0.25) is 0 Å². The predicted molar refractivity (Wildman–Crippen MR) is 35.4 cm³/mol. The standard InChI is InChI=1S/C8H11/c1-8-6-4-2-3-5-7-8/h2-4,8H,5,7H2,1H3. The Hall–Kier alpha value is -0.520. The van der Waals surface area contributed by atoms with Crippen molar-refractivity contribution in [1.29, 1.82) is 0 Å². The van der Waals surface area contributed by atoms with Crippen LogP contribution in [0.3, 0.4) is 0 Å². The van der Waals surface area contributed by atoms with E-state index in [9.17, 15) is 0 Å². The van der Waals surface area contributed by atoms with Crippen molar-refractivity contribution in [2.75, 3.05) is 0 Å². The molecule has 0 bridgehead atoms. The van der Waals surface area contributed by atoms with Crippen LogP contribution in [0.15, 0.2) is 18.2 Å². The lowest BCUT2D eigenvalue weighted by atomic mass is 10.1. The third kappa shape index (κ3) is 1.53. The molecule has 8 heavy (non-hydrogen) atoms. The first-order valence-electron chi connectivity index (χ1n) is 3.14. The minimum Gasteiger partial charge on any atom is -0.0845 e. The normalized spacial score (nSPS) is 27.9.